The van der Waals surface area contributed by atoms with Crippen molar-refractivity contribution in [1.29, 1.82) is 0 Å². The number of rotatable bonds is 6. The molecule has 1 aromatic rings. The highest BCUT2D eigenvalue weighted by Crippen LogP contribution is 2.33. The van der Waals surface area contributed by atoms with Gasteiger partial charge in [-0.15, -0.1) is 0 Å². The summed E-state index contributed by atoms with van der Waals surface area (Å²) in [5, 5.41) is 11.9. The van der Waals surface area contributed by atoms with Crippen LogP contribution < -0.4 is 14.8 Å². The SMILES string of the molecule is CNC(Cc1cc(OC)c(C)c(C)c1OC)C(=O)O. The molecule has 0 aliphatic rings. The van der Waals surface area contributed by atoms with E-state index in [0.717, 1.165) is 28.2 Å². The average Bonchev–Trinajstić information content (AvgIpc) is 2.39. The van der Waals surface area contributed by atoms with Gasteiger partial charge in [-0.3, -0.25) is 4.79 Å². The number of carboxylic acid groups (broad SMARTS) is 1. The molecule has 5 nitrogen and oxygen atoms in total. The summed E-state index contributed by atoms with van der Waals surface area (Å²) < 4.78 is 10.7. The summed E-state index contributed by atoms with van der Waals surface area (Å²) in [5.41, 5.74) is 2.79. The number of aliphatic carboxylic acids is 1. The monoisotopic (exact) mass is 267 g/mol. The summed E-state index contributed by atoms with van der Waals surface area (Å²) in [7, 11) is 4.82. The first-order chi connectivity index (χ1) is 8.96. The standard InChI is InChI=1S/C14H21NO4/c1-8-9(2)13(19-5)10(7-12(8)18-4)6-11(15-3)14(16)17/h7,11,15H,6H2,1-5H3,(H,16,17). The Morgan fingerprint density at radius 2 is 1.95 bits per heavy atom. The van der Waals surface area contributed by atoms with Gasteiger partial charge < -0.3 is 19.9 Å². The fraction of sp³-hybridized carbons (Fsp3) is 0.500. The van der Waals surface area contributed by atoms with Gasteiger partial charge in [0, 0.05) is 12.0 Å². The van der Waals surface area contributed by atoms with Crippen molar-refractivity contribution in [1.82, 2.24) is 5.32 Å². The predicted octanol–water partition coefficient (Wildman–Crippen LogP) is 1.54. The van der Waals surface area contributed by atoms with Gasteiger partial charge in [0.15, 0.2) is 0 Å². The zero-order valence-corrected chi connectivity index (χ0v) is 12.0. The normalized spacial score (nSPS) is 12.1. The fourth-order valence-corrected chi connectivity index (χ4v) is 2.11. The Morgan fingerprint density at radius 3 is 2.37 bits per heavy atom. The molecular weight excluding hydrogens is 246 g/mol. The molecule has 0 bridgehead atoms. The summed E-state index contributed by atoms with van der Waals surface area (Å²) in [5.74, 6) is 0.579. The van der Waals surface area contributed by atoms with Crippen LogP contribution in [-0.2, 0) is 11.2 Å². The predicted molar refractivity (Wildman–Crippen MR) is 73.2 cm³/mol. The molecule has 0 aliphatic carbocycles. The zero-order chi connectivity index (χ0) is 14.6. The van der Waals surface area contributed by atoms with Gasteiger partial charge in [0.05, 0.1) is 14.2 Å². The van der Waals surface area contributed by atoms with E-state index < -0.39 is 12.0 Å². The van der Waals surface area contributed by atoms with Crippen molar-refractivity contribution < 1.29 is 19.4 Å². The van der Waals surface area contributed by atoms with E-state index in [9.17, 15) is 4.79 Å². The molecule has 0 spiro atoms. The largest absolute Gasteiger partial charge is 0.496 e. The Kier molecular flexibility index (Phi) is 5.18. The van der Waals surface area contributed by atoms with Crippen molar-refractivity contribution in [3.63, 3.8) is 0 Å². The summed E-state index contributed by atoms with van der Waals surface area (Å²) in [6.07, 6.45) is 0.340. The molecule has 0 radical (unpaired) electrons. The molecule has 5 heteroatoms. The molecule has 0 saturated carbocycles. The number of methoxy groups -OCH3 is 2. The van der Waals surface area contributed by atoms with Gasteiger partial charge in [-0.1, -0.05) is 0 Å². The number of carbonyl (C=O) groups is 1. The Hall–Kier alpha value is -1.75. The van der Waals surface area contributed by atoms with Crippen molar-refractivity contribution in [3.05, 3.63) is 22.8 Å². The van der Waals surface area contributed by atoms with Crippen LogP contribution in [-0.4, -0.2) is 38.4 Å². The number of nitrogens with one attached hydrogen (secondary N) is 1. The topological polar surface area (TPSA) is 67.8 Å². The lowest BCUT2D eigenvalue weighted by molar-refractivity contribution is -0.139. The Morgan fingerprint density at radius 1 is 1.32 bits per heavy atom. The number of likely N-dealkylation sites (N-methyl/N-ethyl adjacent to an activating group) is 1. The van der Waals surface area contributed by atoms with Crippen LogP contribution in [0.4, 0.5) is 0 Å². The number of ether oxygens (including phenoxy) is 2. The highest BCUT2D eigenvalue weighted by molar-refractivity contribution is 5.74. The third-order valence-corrected chi connectivity index (χ3v) is 3.36. The number of hydrogen-bond acceptors (Lipinski definition) is 4. The quantitative estimate of drug-likeness (QED) is 0.818. The van der Waals surface area contributed by atoms with Gasteiger partial charge in [-0.2, -0.15) is 0 Å². The molecule has 1 rings (SSSR count). The smallest absolute Gasteiger partial charge is 0.321 e. The number of hydrogen-bond donors (Lipinski definition) is 2. The molecule has 0 amide bonds. The molecule has 0 aromatic heterocycles. The van der Waals surface area contributed by atoms with Crippen molar-refractivity contribution in [2.24, 2.45) is 0 Å². The van der Waals surface area contributed by atoms with Crippen LogP contribution in [0.2, 0.25) is 0 Å². The lowest BCUT2D eigenvalue weighted by Crippen LogP contribution is -2.35. The Bertz CT molecular complexity index is 471. The van der Waals surface area contributed by atoms with Gasteiger partial charge in [0.25, 0.3) is 0 Å². The van der Waals surface area contributed by atoms with Gasteiger partial charge in [-0.25, -0.2) is 0 Å². The van der Waals surface area contributed by atoms with Gasteiger partial charge in [-0.05, 0) is 38.1 Å². The molecular formula is C14H21NO4. The molecule has 0 fully saturated rings. The molecule has 1 unspecified atom stereocenters. The Balaban J connectivity index is 3.25. The first kappa shape index (κ1) is 15.3. The number of carboxylic acids is 1. The maximum absolute atomic E-state index is 11.1. The van der Waals surface area contributed by atoms with Crippen molar-refractivity contribution in [2.75, 3.05) is 21.3 Å². The van der Waals surface area contributed by atoms with Gasteiger partial charge in [0.2, 0.25) is 0 Å². The van der Waals surface area contributed by atoms with Crippen LogP contribution in [0.1, 0.15) is 16.7 Å². The second-order valence-corrected chi connectivity index (χ2v) is 4.40. The van der Waals surface area contributed by atoms with E-state index in [1.807, 2.05) is 19.9 Å². The molecule has 0 saturated heterocycles. The minimum Gasteiger partial charge on any atom is -0.496 e. The van der Waals surface area contributed by atoms with Crippen LogP contribution in [0.3, 0.4) is 0 Å². The van der Waals surface area contributed by atoms with E-state index in [1.165, 1.54) is 0 Å². The molecule has 19 heavy (non-hydrogen) atoms. The highest BCUT2D eigenvalue weighted by Gasteiger charge is 2.20. The molecule has 0 aliphatic heterocycles. The minimum absolute atomic E-state index is 0.340. The van der Waals surface area contributed by atoms with E-state index in [0.29, 0.717) is 6.42 Å². The van der Waals surface area contributed by atoms with E-state index in [1.54, 1.807) is 21.3 Å². The first-order valence-electron chi connectivity index (χ1n) is 6.07. The molecule has 2 N–H and O–H groups in total. The van der Waals surface area contributed by atoms with Crippen LogP contribution in [0.15, 0.2) is 6.07 Å². The van der Waals surface area contributed by atoms with Crippen LogP contribution >= 0.6 is 0 Å². The van der Waals surface area contributed by atoms with E-state index in [2.05, 4.69) is 5.32 Å². The summed E-state index contributed by atoms with van der Waals surface area (Å²) in [6, 6.07) is 1.19. The Labute approximate surface area is 113 Å². The van der Waals surface area contributed by atoms with Gasteiger partial charge in [0.1, 0.15) is 17.5 Å². The van der Waals surface area contributed by atoms with Crippen molar-refractivity contribution in [2.45, 2.75) is 26.3 Å². The number of benzene rings is 1. The maximum atomic E-state index is 11.1. The fourth-order valence-electron chi connectivity index (χ4n) is 2.11. The second kappa shape index (κ2) is 6.43. The summed E-state index contributed by atoms with van der Waals surface area (Å²) in [6.45, 7) is 3.89. The van der Waals surface area contributed by atoms with E-state index in [-0.39, 0.29) is 0 Å². The molecule has 1 atom stereocenters. The molecule has 1 aromatic carbocycles. The lowest BCUT2D eigenvalue weighted by atomic mass is 9.98. The van der Waals surface area contributed by atoms with Crippen LogP contribution in [0.25, 0.3) is 0 Å². The second-order valence-electron chi connectivity index (χ2n) is 4.40. The molecule has 0 heterocycles. The van der Waals surface area contributed by atoms with Crippen LogP contribution in [0, 0.1) is 13.8 Å². The third kappa shape index (κ3) is 3.17. The van der Waals surface area contributed by atoms with Gasteiger partial charge >= 0.3 is 5.97 Å². The average molecular weight is 267 g/mol. The highest BCUT2D eigenvalue weighted by atomic mass is 16.5. The van der Waals surface area contributed by atoms with Crippen molar-refractivity contribution >= 4 is 5.97 Å². The molecule has 106 valence electrons. The lowest BCUT2D eigenvalue weighted by Gasteiger charge is -2.19. The summed E-state index contributed by atoms with van der Waals surface area (Å²) in [4.78, 5) is 11.1. The van der Waals surface area contributed by atoms with Crippen molar-refractivity contribution in [3.8, 4) is 11.5 Å². The first-order valence-corrected chi connectivity index (χ1v) is 6.07. The summed E-state index contributed by atoms with van der Waals surface area (Å²) >= 11 is 0. The van der Waals surface area contributed by atoms with E-state index >= 15 is 0 Å². The van der Waals surface area contributed by atoms with Crippen LogP contribution in [0.5, 0.6) is 11.5 Å². The van der Waals surface area contributed by atoms with E-state index in [4.69, 9.17) is 14.6 Å². The minimum atomic E-state index is -0.887. The maximum Gasteiger partial charge on any atom is 0.321 e. The zero-order valence-electron chi connectivity index (χ0n) is 12.0. The third-order valence-electron chi connectivity index (χ3n) is 3.36.